The molecular weight excluding hydrogens is 460 g/mol. The molecule has 2 aromatic carbocycles. The number of ether oxygens (including phenoxy) is 3. The molecule has 1 aliphatic heterocycles. The van der Waals surface area contributed by atoms with Gasteiger partial charge < -0.3 is 28.4 Å². The fourth-order valence-corrected chi connectivity index (χ4v) is 4.46. The molecule has 0 bridgehead atoms. The molecule has 0 unspecified atom stereocenters. The molecule has 1 aliphatic rings. The van der Waals surface area contributed by atoms with E-state index in [0.29, 0.717) is 55.6 Å². The van der Waals surface area contributed by atoms with Crippen LogP contribution in [0.3, 0.4) is 0 Å². The molecule has 0 spiro atoms. The Balaban J connectivity index is 1.69. The van der Waals surface area contributed by atoms with Crippen LogP contribution in [0.5, 0.6) is 17.2 Å². The van der Waals surface area contributed by atoms with Gasteiger partial charge in [-0.2, -0.15) is 0 Å². The summed E-state index contributed by atoms with van der Waals surface area (Å²) >= 11 is 0. The molecule has 190 valence electrons. The van der Waals surface area contributed by atoms with Gasteiger partial charge in [0.1, 0.15) is 11.3 Å². The molecule has 2 heterocycles. The van der Waals surface area contributed by atoms with Crippen molar-refractivity contribution in [3.05, 3.63) is 48.2 Å². The number of hydrogen-bond acceptors (Lipinski definition) is 6. The van der Waals surface area contributed by atoms with E-state index < -0.39 is 0 Å². The monoisotopic (exact) mass is 492 g/mol. The van der Waals surface area contributed by atoms with Crippen molar-refractivity contribution >= 4 is 28.4 Å². The number of rotatable bonds is 7. The minimum Gasteiger partial charge on any atom is -0.493 e. The summed E-state index contributed by atoms with van der Waals surface area (Å²) in [7, 11) is 3.21. The molecule has 3 aromatic rings. The largest absolute Gasteiger partial charge is 0.493 e. The minimum absolute atomic E-state index is 0.0360. The zero-order chi connectivity index (χ0) is 25.8. The third-order valence-corrected chi connectivity index (χ3v) is 6.47. The van der Waals surface area contributed by atoms with E-state index in [0.717, 1.165) is 27.6 Å². The fourth-order valence-electron chi connectivity index (χ4n) is 4.46. The van der Waals surface area contributed by atoms with Gasteiger partial charge in [-0.3, -0.25) is 9.59 Å². The van der Waals surface area contributed by atoms with Gasteiger partial charge in [0.2, 0.25) is 11.8 Å². The molecule has 0 saturated carbocycles. The van der Waals surface area contributed by atoms with Gasteiger partial charge in [-0.15, -0.1) is 0 Å². The smallest absolute Gasteiger partial charge is 0.246 e. The molecule has 1 saturated heterocycles. The first-order chi connectivity index (χ1) is 17.4. The highest BCUT2D eigenvalue weighted by Gasteiger charge is 2.22. The fraction of sp³-hybridized carbons (Fsp3) is 0.357. The lowest BCUT2D eigenvalue weighted by atomic mass is 9.99. The van der Waals surface area contributed by atoms with Crippen LogP contribution in [0.4, 0.5) is 0 Å². The molecule has 36 heavy (non-hydrogen) atoms. The zero-order valence-corrected chi connectivity index (χ0v) is 21.4. The number of benzene rings is 2. The second kappa shape index (κ2) is 10.8. The standard InChI is InChI=1S/C28H32N2O6/c1-6-35-25-16-26-22(23(17-36-26)20-7-8-24(33-4)27(14-20)34-5)15-21(25)18(2)13-28(32)30-11-9-29(10-12-30)19(3)31/h7-8,13-17H,6,9-12H2,1-5H3/b18-13+. The maximum atomic E-state index is 13.0. The van der Waals surface area contributed by atoms with Crippen molar-refractivity contribution < 1.29 is 28.2 Å². The summed E-state index contributed by atoms with van der Waals surface area (Å²) in [4.78, 5) is 28.1. The van der Waals surface area contributed by atoms with Gasteiger partial charge in [0, 0.05) is 61.8 Å². The molecule has 0 radical (unpaired) electrons. The second-order valence-corrected chi connectivity index (χ2v) is 8.66. The van der Waals surface area contributed by atoms with Crippen LogP contribution in [0.15, 0.2) is 47.1 Å². The first-order valence-corrected chi connectivity index (χ1v) is 12.0. The van der Waals surface area contributed by atoms with Gasteiger partial charge in [0.15, 0.2) is 11.5 Å². The average Bonchev–Trinajstić information content (AvgIpc) is 3.30. The summed E-state index contributed by atoms with van der Waals surface area (Å²) in [6, 6.07) is 9.59. The third-order valence-electron chi connectivity index (χ3n) is 6.47. The zero-order valence-electron chi connectivity index (χ0n) is 21.4. The summed E-state index contributed by atoms with van der Waals surface area (Å²) in [5, 5.41) is 0.899. The van der Waals surface area contributed by atoms with Crippen LogP contribution in [-0.2, 0) is 9.59 Å². The van der Waals surface area contributed by atoms with E-state index in [9.17, 15) is 9.59 Å². The predicted molar refractivity (Wildman–Crippen MR) is 138 cm³/mol. The highest BCUT2D eigenvalue weighted by molar-refractivity contribution is 6.00. The molecule has 8 nitrogen and oxygen atoms in total. The van der Waals surface area contributed by atoms with Crippen molar-refractivity contribution in [2.75, 3.05) is 47.0 Å². The van der Waals surface area contributed by atoms with E-state index in [-0.39, 0.29) is 11.8 Å². The summed E-state index contributed by atoms with van der Waals surface area (Å²) in [6.07, 6.45) is 3.35. The normalized spacial score (nSPS) is 14.2. The van der Waals surface area contributed by atoms with Crippen molar-refractivity contribution in [3.8, 4) is 28.4 Å². The number of piperazine rings is 1. The highest BCUT2D eigenvalue weighted by atomic mass is 16.5. The molecule has 1 fully saturated rings. The topological polar surface area (TPSA) is 81.4 Å². The Kier molecular flexibility index (Phi) is 7.52. The number of carbonyl (C=O) groups excluding carboxylic acids is 2. The second-order valence-electron chi connectivity index (χ2n) is 8.66. The van der Waals surface area contributed by atoms with Gasteiger partial charge in [-0.1, -0.05) is 6.07 Å². The third kappa shape index (κ3) is 5.03. The van der Waals surface area contributed by atoms with Crippen LogP contribution >= 0.6 is 0 Å². The van der Waals surface area contributed by atoms with E-state index in [2.05, 4.69) is 0 Å². The maximum absolute atomic E-state index is 13.0. The van der Waals surface area contributed by atoms with E-state index in [1.807, 2.05) is 44.2 Å². The Morgan fingerprint density at radius 3 is 2.28 bits per heavy atom. The molecule has 1 aromatic heterocycles. The van der Waals surface area contributed by atoms with E-state index in [1.54, 1.807) is 43.3 Å². The van der Waals surface area contributed by atoms with Crippen LogP contribution in [0.1, 0.15) is 26.3 Å². The first-order valence-electron chi connectivity index (χ1n) is 12.0. The number of nitrogens with zero attached hydrogens (tertiary/aromatic N) is 2. The van der Waals surface area contributed by atoms with Crippen molar-refractivity contribution in [3.63, 3.8) is 0 Å². The maximum Gasteiger partial charge on any atom is 0.246 e. The van der Waals surface area contributed by atoms with Crippen molar-refractivity contribution in [2.24, 2.45) is 0 Å². The predicted octanol–water partition coefficient (Wildman–Crippen LogP) is 4.61. The molecule has 2 amide bonds. The number of allylic oxidation sites excluding steroid dienone is 1. The summed E-state index contributed by atoms with van der Waals surface area (Å²) < 4.78 is 22.6. The van der Waals surface area contributed by atoms with Crippen molar-refractivity contribution in [1.29, 1.82) is 0 Å². The van der Waals surface area contributed by atoms with Gasteiger partial charge in [-0.05, 0) is 43.2 Å². The van der Waals surface area contributed by atoms with Gasteiger partial charge >= 0.3 is 0 Å². The lowest BCUT2D eigenvalue weighted by molar-refractivity contribution is -0.135. The SMILES string of the molecule is CCOc1cc2occ(-c3ccc(OC)c(OC)c3)c2cc1/C(C)=C/C(=O)N1CCN(C(C)=O)CC1. The molecule has 0 N–H and O–H groups in total. The van der Waals surface area contributed by atoms with Crippen LogP contribution < -0.4 is 14.2 Å². The Morgan fingerprint density at radius 1 is 0.944 bits per heavy atom. The van der Waals surface area contributed by atoms with E-state index in [4.69, 9.17) is 18.6 Å². The number of amides is 2. The molecular formula is C28H32N2O6. The first kappa shape index (κ1) is 25.2. The quantitative estimate of drug-likeness (QED) is 0.448. The van der Waals surface area contributed by atoms with Crippen LogP contribution in [0.25, 0.3) is 27.7 Å². The summed E-state index contributed by atoms with van der Waals surface area (Å²) in [6.45, 7) is 8.00. The summed E-state index contributed by atoms with van der Waals surface area (Å²) in [5.74, 6) is 1.89. The van der Waals surface area contributed by atoms with Crippen LogP contribution in [0.2, 0.25) is 0 Å². The van der Waals surface area contributed by atoms with E-state index in [1.165, 1.54) is 0 Å². The highest BCUT2D eigenvalue weighted by Crippen LogP contribution is 2.40. The number of carbonyl (C=O) groups is 2. The minimum atomic E-state index is -0.0782. The number of methoxy groups -OCH3 is 2. The lowest BCUT2D eigenvalue weighted by Gasteiger charge is -2.33. The summed E-state index contributed by atoms with van der Waals surface area (Å²) in [5.41, 5.74) is 4.12. The molecule has 0 aliphatic carbocycles. The Labute approximate surface area is 211 Å². The number of fused-ring (bicyclic) bond motifs is 1. The van der Waals surface area contributed by atoms with Crippen molar-refractivity contribution in [1.82, 2.24) is 9.80 Å². The van der Waals surface area contributed by atoms with Crippen LogP contribution in [0, 0.1) is 0 Å². The van der Waals surface area contributed by atoms with Crippen molar-refractivity contribution in [2.45, 2.75) is 20.8 Å². The molecule has 8 heteroatoms. The Morgan fingerprint density at radius 2 is 1.64 bits per heavy atom. The average molecular weight is 493 g/mol. The lowest BCUT2D eigenvalue weighted by Crippen LogP contribution is -2.49. The van der Waals surface area contributed by atoms with Gasteiger partial charge in [0.05, 0.1) is 27.1 Å². The van der Waals surface area contributed by atoms with E-state index >= 15 is 0 Å². The Bertz CT molecular complexity index is 1300. The Hall–Kier alpha value is -3.94. The number of furan rings is 1. The van der Waals surface area contributed by atoms with Gasteiger partial charge in [-0.25, -0.2) is 0 Å². The molecule has 0 atom stereocenters. The number of hydrogen-bond donors (Lipinski definition) is 0. The van der Waals surface area contributed by atoms with Crippen LogP contribution in [-0.4, -0.2) is 68.6 Å². The molecule has 4 rings (SSSR count). The van der Waals surface area contributed by atoms with Gasteiger partial charge in [0.25, 0.3) is 0 Å².